The summed E-state index contributed by atoms with van der Waals surface area (Å²) in [4.78, 5) is 13.1. The van der Waals surface area contributed by atoms with Gasteiger partial charge in [0.15, 0.2) is 6.29 Å². The molecule has 1 rings (SSSR count). The van der Waals surface area contributed by atoms with Crippen molar-refractivity contribution >= 4 is 16.3 Å². The number of aliphatic hydroxyl groups is 4. The normalized spacial score (nSPS) is 20.7. The van der Waals surface area contributed by atoms with Gasteiger partial charge in [-0.3, -0.25) is 9.35 Å². The minimum Gasteiger partial charge on any atom is -0.394 e. The lowest BCUT2D eigenvalue weighted by Crippen LogP contribution is -2.61. The Morgan fingerprint density at radius 1 is 0.639 bits per heavy atom. The van der Waals surface area contributed by atoms with Crippen LogP contribution in [0, 0.1) is 0 Å². The highest BCUT2D eigenvalue weighted by atomic mass is 32.3. The molecular weight excluding hydrogens is 799 g/mol. The Morgan fingerprint density at radius 2 is 1.03 bits per heavy atom. The summed E-state index contributed by atoms with van der Waals surface area (Å²) in [6.07, 6.45) is 35.4. The number of carbonyl (C=O) groups is 1. The van der Waals surface area contributed by atoms with E-state index in [2.05, 4.69) is 23.3 Å². The van der Waals surface area contributed by atoms with Crippen molar-refractivity contribution in [3.05, 3.63) is 12.2 Å². The molecule has 61 heavy (non-hydrogen) atoms. The second kappa shape index (κ2) is 39.2. The van der Waals surface area contributed by atoms with Crippen LogP contribution >= 0.6 is 0 Å². The molecule has 0 aliphatic carbocycles. The van der Waals surface area contributed by atoms with E-state index in [0.717, 1.165) is 38.5 Å². The number of hydrogen-bond donors (Lipinski definition) is 6. The number of carbonyl (C=O) groups excluding carboxylic acids is 1. The van der Waals surface area contributed by atoms with Crippen molar-refractivity contribution in [2.24, 2.45) is 0 Å². The molecule has 13 heteroatoms. The monoisotopic (exact) mass is 892 g/mol. The van der Waals surface area contributed by atoms with Gasteiger partial charge in [-0.05, 0) is 19.3 Å². The fourth-order valence-corrected chi connectivity index (χ4v) is 8.67. The van der Waals surface area contributed by atoms with Gasteiger partial charge in [-0.25, -0.2) is 4.18 Å². The van der Waals surface area contributed by atoms with E-state index in [4.69, 9.17) is 9.47 Å². The first-order valence-corrected chi connectivity index (χ1v) is 26.4. The van der Waals surface area contributed by atoms with Gasteiger partial charge in [-0.15, -0.1) is 0 Å². The SMILES string of the molecule is CCCCCCCCCCCCC/C=C/[C@@H](O)[C@H](CO[C@@H]1O[C@H](CO)[C@H](O)[C@H](OS(=O)(=O)O)[C@H]1O)NC(=O)CCCCCCCCCCCCCCCCCCCCCCC. The van der Waals surface area contributed by atoms with E-state index in [-0.39, 0.29) is 18.9 Å². The maximum Gasteiger partial charge on any atom is 0.397 e. The Hall–Kier alpha value is -1.16. The van der Waals surface area contributed by atoms with Gasteiger partial charge in [-0.1, -0.05) is 219 Å². The van der Waals surface area contributed by atoms with Crippen molar-refractivity contribution in [1.29, 1.82) is 0 Å². The molecule has 6 N–H and O–H groups in total. The second-order valence-electron chi connectivity index (χ2n) is 17.8. The zero-order valence-electron chi connectivity index (χ0n) is 38.7. The van der Waals surface area contributed by atoms with Crippen molar-refractivity contribution in [3.63, 3.8) is 0 Å². The van der Waals surface area contributed by atoms with Crippen LogP contribution in [0.3, 0.4) is 0 Å². The molecule has 0 saturated carbocycles. The smallest absolute Gasteiger partial charge is 0.394 e. The molecule has 0 aromatic heterocycles. The zero-order valence-corrected chi connectivity index (χ0v) is 39.6. The fourth-order valence-electron chi connectivity index (χ4n) is 8.16. The molecule has 7 atom stereocenters. The molecular formula is C48H93NO11S. The Bertz CT molecular complexity index is 1140. The third-order valence-corrected chi connectivity index (χ3v) is 12.5. The summed E-state index contributed by atoms with van der Waals surface area (Å²) in [5.74, 6) is -0.259. The standard InChI is InChI=1S/C48H93NO11S/c1-3-5-7-9-11-13-15-17-18-19-20-21-22-23-24-26-28-30-32-34-36-38-44(52)49-41(42(51)37-35-33-31-29-27-25-16-14-12-10-8-6-4-2)40-58-48-46(54)47(60-61(55,56)57)45(53)43(39-50)59-48/h35,37,41-43,45-48,50-51,53-54H,3-34,36,38-40H2,1-2H3,(H,49,52)(H,55,56,57)/b37-35+/t41-,42+,43+,45-,46+,47-,48+/m0/s1. The molecule has 0 bridgehead atoms. The number of unbranched alkanes of at least 4 members (excludes halogenated alkanes) is 31. The number of allylic oxidation sites excluding steroid dienone is 1. The molecule has 0 aromatic carbocycles. The van der Waals surface area contributed by atoms with Gasteiger partial charge in [0.25, 0.3) is 0 Å². The molecule has 12 nitrogen and oxygen atoms in total. The van der Waals surface area contributed by atoms with E-state index in [9.17, 15) is 38.2 Å². The number of rotatable bonds is 43. The van der Waals surface area contributed by atoms with Crippen LogP contribution in [-0.4, -0.2) is 95.4 Å². The molecule has 1 fully saturated rings. The van der Waals surface area contributed by atoms with Crippen molar-refractivity contribution < 1.29 is 51.8 Å². The summed E-state index contributed by atoms with van der Waals surface area (Å²) in [6.45, 7) is 3.40. The largest absolute Gasteiger partial charge is 0.397 e. The van der Waals surface area contributed by atoms with Crippen molar-refractivity contribution in [3.8, 4) is 0 Å². The van der Waals surface area contributed by atoms with E-state index < -0.39 is 59.9 Å². The van der Waals surface area contributed by atoms with E-state index in [1.807, 2.05) is 6.08 Å². The van der Waals surface area contributed by atoms with Crippen LogP contribution in [0.15, 0.2) is 12.2 Å². The summed E-state index contributed by atoms with van der Waals surface area (Å²) < 4.78 is 47.6. The first-order chi connectivity index (χ1) is 29.5. The van der Waals surface area contributed by atoms with Crippen molar-refractivity contribution in [1.82, 2.24) is 5.32 Å². The Kier molecular flexibility index (Phi) is 37.2. The van der Waals surface area contributed by atoms with Crippen LogP contribution in [-0.2, 0) is 28.9 Å². The quantitative estimate of drug-likeness (QED) is 0.0194. The van der Waals surface area contributed by atoms with Gasteiger partial charge in [0.1, 0.15) is 24.4 Å². The van der Waals surface area contributed by atoms with E-state index >= 15 is 0 Å². The zero-order chi connectivity index (χ0) is 44.8. The maximum atomic E-state index is 13.1. The lowest BCUT2D eigenvalue weighted by molar-refractivity contribution is -0.298. The average molecular weight is 892 g/mol. The number of aliphatic hydroxyl groups excluding tert-OH is 4. The van der Waals surface area contributed by atoms with E-state index in [1.165, 1.54) is 167 Å². The molecule has 0 aromatic rings. The summed E-state index contributed by atoms with van der Waals surface area (Å²) in [5, 5.41) is 44.7. The van der Waals surface area contributed by atoms with Gasteiger partial charge in [0.2, 0.25) is 5.91 Å². The maximum absolute atomic E-state index is 13.1. The number of amides is 1. The molecule has 1 heterocycles. The summed E-state index contributed by atoms with van der Waals surface area (Å²) in [6, 6.07) is -0.938. The molecule has 1 aliphatic rings. The highest BCUT2D eigenvalue weighted by Crippen LogP contribution is 2.26. The lowest BCUT2D eigenvalue weighted by Gasteiger charge is -2.41. The topological polar surface area (TPSA) is 192 Å². The van der Waals surface area contributed by atoms with Gasteiger partial charge in [-0.2, -0.15) is 8.42 Å². The molecule has 0 radical (unpaired) electrons. The number of nitrogens with one attached hydrogen (secondary N) is 1. The Morgan fingerprint density at radius 3 is 1.43 bits per heavy atom. The van der Waals surface area contributed by atoms with Crippen LogP contribution < -0.4 is 5.32 Å². The van der Waals surface area contributed by atoms with Gasteiger partial charge < -0.3 is 35.2 Å². The van der Waals surface area contributed by atoms with Gasteiger partial charge in [0.05, 0.1) is 25.4 Å². The highest BCUT2D eigenvalue weighted by Gasteiger charge is 2.48. The van der Waals surface area contributed by atoms with E-state index in [1.54, 1.807) is 6.08 Å². The Labute approximate surface area is 372 Å². The van der Waals surface area contributed by atoms with Gasteiger partial charge in [0, 0.05) is 6.42 Å². The number of ether oxygens (including phenoxy) is 2. The van der Waals surface area contributed by atoms with E-state index in [0.29, 0.717) is 6.42 Å². The molecule has 1 amide bonds. The molecule has 0 unspecified atom stereocenters. The minimum absolute atomic E-state index is 0.259. The molecule has 1 saturated heterocycles. The average Bonchev–Trinajstić information content (AvgIpc) is 3.23. The third kappa shape index (κ3) is 32.2. The Balaban J connectivity index is 2.42. The van der Waals surface area contributed by atoms with Crippen LogP contribution in [0.4, 0.5) is 0 Å². The minimum atomic E-state index is -5.08. The first-order valence-electron chi connectivity index (χ1n) is 25.1. The van der Waals surface area contributed by atoms with Crippen LogP contribution in [0.25, 0.3) is 0 Å². The van der Waals surface area contributed by atoms with Crippen LogP contribution in [0.2, 0.25) is 0 Å². The number of hydrogen-bond acceptors (Lipinski definition) is 10. The van der Waals surface area contributed by atoms with Gasteiger partial charge >= 0.3 is 10.4 Å². The summed E-state index contributed by atoms with van der Waals surface area (Å²) in [5.41, 5.74) is 0. The predicted octanol–water partition coefficient (Wildman–Crippen LogP) is 10.3. The molecule has 0 spiro atoms. The third-order valence-electron chi connectivity index (χ3n) is 12.1. The second-order valence-corrected chi connectivity index (χ2v) is 18.8. The molecule has 1 aliphatic heterocycles. The van der Waals surface area contributed by atoms with Crippen molar-refractivity contribution in [2.45, 2.75) is 275 Å². The summed E-state index contributed by atoms with van der Waals surface area (Å²) >= 11 is 0. The lowest BCUT2D eigenvalue weighted by atomic mass is 9.99. The summed E-state index contributed by atoms with van der Waals surface area (Å²) in [7, 11) is -5.08. The van der Waals surface area contributed by atoms with Crippen molar-refractivity contribution in [2.75, 3.05) is 13.2 Å². The highest BCUT2D eigenvalue weighted by molar-refractivity contribution is 7.80. The predicted molar refractivity (Wildman–Crippen MR) is 246 cm³/mol. The first kappa shape index (κ1) is 57.9. The molecule has 362 valence electrons. The van der Waals surface area contributed by atoms with Crippen LogP contribution in [0.1, 0.15) is 232 Å². The van der Waals surface area contributed by atoms with Crippen LogP contribution in [0.5, 0.6) is 0 Å². The fraction of sp³-hybridized carbons (Fsp3) is 0.938.